The highest BCUT2D eigenvalue weighted by Crippen LogP contribution is 2.26. The molecule has 1 heterocycles. The molecule has 1 aromatic heterocycles. The second-order valence-corrected chi connectivity index (χ2v) is 5.06. The fourth-order valence-electron chi connectivity index (χ4n) is 2.27. The number of hydrogen-bond acceptors (Lipinski definition) is 2. The minimum absolute atomic E-state index is 0.0365. The van der Waals surface area contributed by atoms with Crippen molar-refractivity contribution < 1.29 is 14.3 Å². The fraction of sp³-hybridized carbons (Fsp3) is 0.286. The van der Waals surface area contributed by atoms with Crippen molar-refractivity contribution in [3.05, 3.63) is 46.0 Å². The number of aryl methyl sites for hydroxylation is 1. The van der Waals surface area contributed by atoms with Crippen molar-refractivity contribution in [2.24, 2.45) is 0 Å². The molecule has 6 heteroatoms. The molecule has 0 spiro atoms. The number of aromatic nitrogens is 2. The van der Waals surface area contributed by atoms with Crippen molar-refractivity contribution >= 4 is 17.6 Å². The molecule has 0 saturated heterocycles. The molecule has 4 nitrogen and oxygen atoms in total. The van der Waals surface area contributed by atoms with E-state index in [0.29, 0.717) is 22.6 Å². The number of carbonyl (C=O) groups is 1. The number of carboxylic acids is 1. The van der Waals surface area contributed by atoms with Crippen LogP contribution in [-0.2, 0) is 4.79 Å². The highest BCUT2D eigenvalue weighted by molar-refractivity contribution is 6.30. The monoisotopic (exact) mass is 296 g/mol. The first-order valence-corrected chi connectivity index (χ1v) is 6.45. The highest BCUT2D eigenvalue weighted by atomic mass is 35.5. The first kappa shape index (κ1) is 14.5. The SMILES string of the molecule is Cc1nn(-c2ccc(Cl)c(F)c2)c(C)c1C(C)C(=O)O. The van der Waals surface area contributed by atoms with Crippen LogP contribution in [0.25, 0.3) is 5.69 Å². The zero-order valence-corrected chi connectivity index (χ0v) is 12.1. The van der Waals surface area contributed by atoms with Crippen LogP contribution in [-0.4, -0.2) is 20.9 Å². The Morgan fingerprint density at radius 3 is 2.65 bits per heavy atom. The van der Waals surface area contributed by atoms with Crippen LogP contribution in [0.4, 0.5) is 4.39 Å². The van der Waals surface area contributed by atoms with Crippen molar-refractivity contribution in [3.8, 4) is 5.69 Å². The van der Waals surface area contributed by atoms with Crippen molar-refractivity contribution in [1.82, 2.24) is 9.78 Å². The molecule has 106 valence electrons. The van der Waals surface area contributed by atoms with Crippen LogP contribution < -0.4 is 0 Å². The van der Waals surface area contributed by atoms with E-state index in [9.17, 15) is 9.18 Å². The van der Waals surface area contributed by atoms with Gasteiger partial charge in [0.25, 0.3) is 0 Å². The van der Waals surface area contributed by atoms with Crippen LogP contribution in [0.1, 0.15) is 29.8 Å². The summed E-state index contributed by atoms with van der Waals surface area (Å²) in [6.45, 7) is 5.11. The quantitative estimate of drug-likeness (QED) is 0.943. The van der Waals surface area contributed by atoms with E-state index in [1.54, 1.807) is 26.8 Å². The molecule has 2 aromatic rings. The summed E-state index contributed by atoms with van der Waals surface area (Å²) < 4.78 is 15.1. The van der Waals surface area contributed by atoms with E-state index >= 15 is 0 Å². The normalized spacial score (nSPS) is 12.4. The molecular formula is C14H14ClFN2O2. The van der Waals surface area contributed by atoms with Crippen molar-refractivity contribution in [2.45, 2.75) is 26.7 Å². The number of nitrogens with zero attached hydrogens (tertiary/aromatic N) is 2. The van der Waals surface area contributed by atoms with E-state index in [2.05, 4.69) is 5.10 Å². The molecule has 0 saturated carbocycles. The van der Waals surface area contributed by atoms with Gasteiger partial charge in [-0.2, -0.15) is 5.10 Å². The molecule has 0 fully saturated rings. The molecule has 1 aromatic carbocycles. The number of halogens is 2. The van der Waals surface area contributed by atoms with Gasteiger partial charge in [0.2, 0.25) is 0 Å². The van der Waals surface area contributed by atoms with Gasteiger partial charge in [0.05, 0.1) is 22.3 Å². The number of carboxylic acid groups (broad SMARTS) is 1. The van der Waals surface area contributed by atoms with Gasteiger partial charge in [0, 0.05) is 17.3 Å². The molecule has 0 aliphatic rings. The third kappa shape index (κ3) is 2.41. The maximum absolute atomic E-state index is 13.5. The molecule has 0 aliphatic carbocycles. The van der Waals surface area contributed by atoms with Gasteiger partial charge >= 0.3 is 5.97 Å². The largest absolute Gasteiger partial charge is 0.481 e. The Hall–Kier alpha value is -1.88. The summed E-state index contributed by atoms with van der Waals surface area (Å²) in [5.41, 5.74) is 2.45. The lowest BCUT2D eigenvalue weighted by atomic mass is 9.99. The fourth-order valence-corrected chi connectivity index (χ4v) is 2.39. The van der Waals surface area contributed by atoms with Crippen molar-refractivity contribution in [1.29, 1.82) is 0 Å². The predicted molar refractivity (Wildman–Crippen MR) is 74.1 cm³/mol. The Kier molecular flexibility index (Phi) is 3.81. The highest BCUT2D eigenvalue weighted by Gasteiger charge is 2.23. The second-order valence-electron chi connectivity index (χ2n) is 4.65. The van der Waals surface area contributed by atoms with Crippen LogP contribution >= 0.6 is 11.6 Å². The first-order valence-electron chi connectivity index (χ1n) is 6.07. The average molecular weight is 297 g/mol. The summed E-state index contributed by atoms with van der Waals surface area (Å²) in [5, 5.41) is 13.5. The topological polar surface area (TPSA) is 55.1 Å². The maximum atomic E-state index is 13.5. The lowest BCUT2D eigenvalue weighted by molar-refractivity contribution is -0.138. The molecule has 2 rings (SSSR count). The molecule has 1 N–H and O–H groups in total. The molecular weight excluding hydrogens is 283 g/mol. The van der Waals surface area contributed by atoms with E-state index in [1.807, 2.05) is 0 Å². The van der Waals surface area contributed by atoms with Crippen LogP contribution in [0.15, 0.2) is 18.2 Å². The summed E-state index contributed by atoms with van der Waals surface area (Å²) in [4.78, 5) is 11.1. The van der Waals surface area contributed by atoms with Crippen molar-refractivity contribution in [3.63, 3.8) is 0 Å². The second kappa shape index (κ2) is 5.25. The van der Waals surface area contributed by atoms with Crippen LogP contribution in [0.5, 0.6) is 0 Å². The summed E-state index contributed by atoms with van der Waals surface area (Å²) in [5.74, 6) is -2.12. The Morgan fingerprint density at radius 1 is 1.45 bits per heavy atom. The van der Waals surface area contributed by atoms with Gasteiger partial charge in [-0.1, -0.05) is 11.6 Å². The summed E-state index contributed by atoms with van der Waals surface area (Å²) in [7, 11) is 0. The number of aliphatic carboxylic acids is 1. The van der Waals surface area contributed by atoms with E-state index in [4.69, 9.17) is 16.7 Å². The summed E-state index contributed by atoms with van der Waals surface area (Å²) in [6.07, 6.45) is 0. The van der Waals surface area contributed by atoms with Gasteiger partial charge in [-0.15, -0.1) is 0 Å². The van der Waals surface area contributed by atoms with Crippen molar-refractivity contribution in [2.75, 3.05) is 0 Å². The third-order valence-electron chi connectivity index (χ3n) is 3.30. The lowest BCUT2D eigenvalue weighted by Crippen LogP contribution is -2.09. The lowest BCUT2D eigenvalue weighted by Gasteiger charge is -2.08. The summed E-state index contributed by atoms with van der Waals surface area (Å²) >= 11 is 5.65. The first-order chi connectivity index (χ1) is 9.32. The van der Waals surface area contributed by atoms with E-state index in [1.165, 1.54) is 16.8 Å². The number of hydrogen-bond donors (Lipinski definition) is 1. The smallest absolute Gasteiger partial charge is 0.310 e. The van der Waals surface area contributed by atoms with Crippen LogP contribution in [0.3, 0.4) is 0 Å². The average Bonchev–Trinajstić information content (AvgIpc) is 2.67. The Morgan fingerprint density at radius 2 is 2.10 bits per heavy atom. The van der Waals surface area contributed by atoms with E-state index in [0.717, 1.165) is 0 Å². The molecule has 1 unspecified atom stereocenters. The van der Waals surface area contributed by atoms with Gasteiger partial charge in [0.1, 0.15) is 5.82 Å². The Bertz CT molecular complexity index is 682. The standard InChI is InChI=1S/C14H14ClFN2O2/c1-7(14(19)20)13-8(2)17-18(9(13)3)10-4-5-11(15)12(16)6-10/h4-7H,1-3H3,(H,19,20). The molecule has 0 aliphatic heterocycles. The zero-order chi connectivity index (χ0) is 15.0. The Balaban J connectivity index is 2.56. The molecule has 0 amide bonds. The molecule has 20 heavy (non-hydrogen) atoms. The van der Waals surface area contributed by atoms with Gasteiger partial charge < -0.3 is 5.11 Å². The van der Waals surface area contributed by atoms with Gasteiger partial charge in [-0.05, 0) is 32.9 Å². The number of benzene rings is 1. The van der Waals surface area contributed by atoms with Gasteiger partial charge in [0.15, 0.2) is 0 Å². The number of rotatable bonds is 3. The third-order valence-corrected chi connectivity index (χ3v) is 3.61. The van der Waals surface area contributed by atoms with Crippen LogP contribution in [0, 0.1) is 19.7 Å². The summed E-state index contributed by atoms with van der Waals surface area (Å²) in [6, 6.07) is 4.36. The Labute approximate surface area is 120 Å². The van der Waals surface area contributed by atoms with Gasteiger partial charge in [-0.25, -0.2) is 9.07 Å². The molecule has 0 radical (unpaired) electrons. The molecule has 0 bridgehead atoms. The van der Waals surface area contributed by atoms with E-state index < -0.39 is 17.7 Å². The predicted octanol–water partition coefficient (Wildman–Crippen LogP) is 3.47. The minimum atomic E-state index is -0.918. The van der Waals surface area contributed by atoms with Crippen LogP contribution in [0.2, 0.25) is 5.02 Å². The minimum Gasteiger partial charge on any atom is -0.481 e. The molecule has 1 atom stereocenters. The van der Waals surface area contributed by atoms with E-state index in [-0.39, 0.29) is 5.02 Å². The van der Waals surface area contributed by atoms with Gasteiger partial charge in [-0.3, -0.25) is 4.79 Å². The maximum Gasteiger partial charge on any atom is 0.310 e. The zero-order valence-electron chi connectivity index (χ0n) is 11.3.